The molecule has 0 aromatic heterocycles. The van der Waals surface area contributed by atoms with Crippen LogP contribution in [0.15, 0.2) is 24.3 Å². The smallest absolute Gasteiger partial charge is 0.249 e. The first-order chi connectivity index (χ1) is 38.2. The van der Waals surface area contributed by atoms with Gasteiger partial charge in [-0.1, -0.05) is 308 Å². The number of ether oxygens (including phenoxy) is 2. The fourth-order valence-electron chi connectivity index (χ4n) is 11.1. The summed E-state index contributed by atoms with van der Waals surface area (Å²) in [6.45, 7) is 3.51. The molecule has 1 heterocycles. The highest BCUT2D eigenvalue weighted by atomic mass is 16.7. The van der Waals surface area contributed by atoms with Crippen molar-refractivity contribution in [3.8, 4) is 0 Å². The SMILES string of the molecule is CCCCCCCCCCC/C=C\C/C=C\CCCCCCCCCCC(O)C(=O)NC(COC1OC(CO)C(O)C(O)C1O)C(O)C(O)CCCCCCCCCCCCCCCCCCCCCCCCCCCCC. The van der Waals surface area contributed by atoms with Crippen LogP contribution in [-0.4, -0.2) is 110 Å². The highest BCUT2D eigenvalue weighted by molar-refractivity contribution is 5.80. The molecule has 9 atom stereocenters. The highest BCUT2D eigenvalue weighted by Gasteiger charge is 2.44. The van der Waals surface area contributed by atoms with Crippen LogP contribution < -0.4 is 5.32 Å². The van der Waals surface area contributed by atoms with Gasteiger partial charge in [0.25, 0.3) is 0 Å². The van der Waals surface area contributed by atoms with Gasteiger partial charge in [0.05, 0.1) is 25.4 Å². The first kappa shape index (κ1) is 74.6. The lowest BCUT2D eigenvalue weighted by atomic mass is 9.98. The molecule has 0 aliphatic carbocycles. The Morgan fingerprint density at radius 1 is 0.449 bits per heavy atom. The van der Waals surface area contributed by atoms with Crippen LogP contribution in [-0.2, 0) is 14.3 Å². The van der Waals surface area contributed by atoms with E-state index in [2.05, 4.69) is 43.5 Å². The van der Waals surface area contributed by atoms with E-state index in [9.17, 15) is 40.5 Å². The van der Waals surface area contributed by atoms with E-state index in [1.807, 2.05) is 0 Å². The van der Waals surface area contributed by atoms with E-state index in [-0.39, 0.29) is 6.42 Å². The molecule has 462 valence electrons. The Morgan fingerprint density at radius 3 is 1.14 bits per heavy atom. The molecule has 0 aromatic carbocycles. The van der Waals surface area contributed by atoms with Gasteiger partial charge in [-0.3, -0.25) is 4.79 Å². The van der Waals surface area contributed by atoms with E-state index in [1.54, 1.807) is 0 Å². The number of amides is 1. The fraction of sp³-hybridized carbons (Fsp3) is 0.925. The van der Waals surface area contributed by atoms with Crippen molar-refractivity contribution in [2.75, 3.05) is 13.2 Å². The second kappa shape index (κ2) is 56.1. The first-order valence-corrected chi connectivity index (χ1v) is 33.7. The van der Waals surface area contributed by atoms with Crippen LogP contribution in [0.1, 0.15) is 328 Å². The van der Waals surface area contributed by atoms with Crippen molar-refractivity contribution in [3.05, 3.63) is 24.3 Å². The molecule has 0 saturated carbocycles. The van der Waals surface area contributed by atoms with Crippen LogP contribution in [0.25, 0.3) is 0 Å². The topological polar surface area (TPSA) is 189 Å². The van der Waals surface area contributed by atoms with E-state index in [0.717, 1.165) is 51.4 Å². The van der Waals surface area contributed by atoms with Crippen molar-refractivity contribution in [3.63, 3.8) is 0 Å². The summed E-state index contributed by atoms with van der Waals surface area (Å²) in [6.07, 6.45) is 58.1. The molecule has 1 aliphatic rings. The molecule has 1 fully saturated rings. The molecule has 9 unspecified atom stereocenters. The molecular weight excluding hydrogens is 979 g/mol. The number of carbonyl (C=O) groups excluding carboxylic acids is 1. The predicted octanol–water partition coefficient (Wildman–Crippen LogP) is 15.6. The molecule has 11 heteroatoms. The summed E-state index contributed by atoms with van der Waals surface area (Å²) in [4.78, 5) is 13.2. The van der Waals surface area contributed by atoms with Crippen LogP contribution in [0.4, 0.5) is 0 Å². The van der Waals surface area contributed by atoms with Crippen molar-refractivity contribution >= 4 is 5.91 Å². The van der Waals surface area contributed by atoms with Gasteiger partial charge in [0, 0.05) is 0 Å². The van der Waals surface area contributed by atoms with E-state index in [0.29, 0.717) is 19.3 Å². The Kier molecular flexibility index (Phi) is 53.6. The average molecular weight is 1110 g/mol. The maximum atomic E-state index is 13.2. The first-order valence-electron chi connectivity index (χ1n) is 33.7. The normalized spacial score (nSPS) is 19.5. The minimum atomic E-state index is -1.66. The van der Waals surface area contributed by atoms with Gasteiger partial charge in [0.15, 0.2) is 6.29 Å². The zero-order valence-corrected chi connectivity index (χ0v) is 50.9. The Morgan fingerprint density at radius 2 is 0.782 bits per heavy atom. The van der Waals surface area contributed by atoms with Crippen molar-refractivity contribution in [1.29, 1.82) is 0 Å². The third-order valence-corrected chi connectivity index (χ3v) is 16.5. The number of unbranched alkanes of at least 4 members (excludes halogenated alkanes) is 43. The number of nitrogens with one attached hydrogen (secondary N) is 1. The van der Waals surface area contributed by atoms with Gasteiger partial charge in [0.1, 0.15) is 36.6 Å². The monoisotopic (exact) mass is 1110 g/mol. The van der Waals surface area contributed by atoms with E-state index in [4.69, 9.17) is 9.47 Å². The Balaban J connectivity index is 2.23. The number of hydrogen-bond donors (Lipinski definition) is 8. The number of allylic oxidation sites excluding steroid dienone is 4. The van der Waals surface area contributed by atoms with Crippen LogP contribution in [0.5, 0.6) is 0 Å². The van der Waals surface area contributed by atoms with Crippen LogP contribution >= 0.6 is 0 Å². The lowest BCUT2D eigenvalue weighted by molar-refractivity contribution is -0.303. The summed E-state index contributed by atoms with van der Waals surface area (Å²) < 4.78 is 11.2. The molecule has 1 aliphatic heterocycles. The van der Waals surface area contributed by atoms with Crippen molar-refractivity contribution < 1.29 is 50.0 Å². The maximum absolute atomic E-state index is 13.2. The van der Waals surface area contributed by atoms with Gasteiger partial charge in [-0.2, -0.15) is 0 Å². The summed E-state index contributed by atoms with van der Waals surface area (Å²) in [5.41, 5.74) is 0. The Bertz CT molecular complexity index is 1320. The predicted molar refractivity (Wildman–Crippen MR) is 326 cm³/mol. The molecule has 0 radical (unpaired) electrons. The number of hydrogen-bond acceptors (Lipinski definition) is 10. The molecular formula is C67H129NO10. The molecule has 8 N–H and O–H groups in total. The minimum Gasteiger partial charge on any atom is -0.394 e. The number of aliphatic hydroxyl groups is 7. The van der Waals surface area contributed by atoms with E-state index in [1.165, 1.54) is 238 Å². The molecule has 1 rings (SSSR count). The molecule has 0 spiro atoms. The lowest BCUT2D eigenvalue weighted by Crippen LogP contribution is -2.60. The average Bonchev–Trinajstić information content (AvgIpc) is 3.46. The summed E-state index contributed by atoms with van der Waals surface area (Å²) in [6, 6.07) is -1.17. The van der Waals surface area contributed by atoms with Crippen LogP contribution in [0, 0.1) is 0 Å². The maximum Gasteiger partial charge on any atom is 0.249 e. The summed E-state index contributed by atoms with van der Waals surface area (Å²) in [5.74, 6) is -0.696. The molecule has 0 aromatic rings. The zero-order valence-electron chi connectivity index (χ0n) is 50.9. The quantitative estimate of drug-likeness (QED) is 0.0215. The Labute approximate surface area is 480 Å². The van der Waals surface area contributed by atoms with Crippen molar-refractivity contribution in [1.82, 2.24) is 5.32 Å². The third kappa shape index (κ3) is 43.3. The van der Waals surface area contributed by atoms with Crippen LogP contribution in [0.3, 0.4) is 0 Å². The number of aliphatic hydroxyl groups excluding tert-OH is 7. The molecule has 78 heavy (non-hydrogen) atoms. The van der Waals surface area contributed by atoms with Gasteiger partial charge in [-0.05, 0) is 44.9 Å². The van der Waals surface area contributed by atoms with Crippen molar-refractivity contribution in [2.45, 2.75) is 384 Å². The highest BCUT2D eigenvalue weighted by Crippen LogP contribution is 2.24. The Hall–Kier alpha value is -1.41. The van der Waals surface area contributed by atoms with E-state index >= 15 is 0 Å². The van der Waals surface area contributed by atoms with Gasteiger partial charge in [-0.15, -0.1) is 0 Å². The molecule has 1 saturated heterocycles. The molecule has 0 bridgehead atoms. The summed E-state index contributed by atoms with van der Waals surface area (Å²) >= 11 is 0. The van der Waals surface area contributed by atoms with E-state index < -0.39 is 74.2 Å². The number of carbonyl (C=O) groups is 1. The van der Waals surface area contributed by atoms with Gasteiger partial charge in [-0.25, -0.2) is 0 Å². The lowest BCUT2D eigenvalue weighted by Gasteiger charge is -2.40. The molecule has 11 nitrogen and oxygen atoms in total. The van der Waals surface area contributed by atoms with Crippen LogP contribution in [0.2, 0.25) is 0 Å². The van der Waals surface area contributed by atoms with Gasteiger partial charge >= 0.3 is 0 Å². The van der Waals surface area contributed by atoms with Crippen molar-refractivity contribution in [2.24, 2.45) is 0 Å². The summed E-state index contributed by atoms with van der Waals surface area (Å²) in [5, 5.41) is 76.5. The third-order valence-electron chi connectivity index (χ3n) is 16.5. The zero-order chi connectivity index (χ0) is 56.8. The van der Waals surface area contributed by atoms with Gasteiger partial charge < -0.3 is 50.5 Å². The second-order valence-corrected chi connectivity index (χ2v) is 23.9. The largest absolute Gasteiger partial charge is 0.394 e. The minimum absolute atomic E-state index is 0.255. The molecule has 1 amide bonds. The standard InChI is InChI=1S/C67H129NO10/c1-3-5-7-9-11-13-15-17-19-21-23-25-27-29-30-31-33-34-36-38-40-42-44-46-48-50-52-54-59(70)62(72)58(57-77-67-65(75)64(74)63(73)61(56-69)78-67)68-66(76)60(71)55-53-51-49-47-45-43-41-39-37-35-32-28-26-24-22-20-18-16-14-12-10-8-6-4-2/h24,26,32,35,58-65,67,69-75H,3-23,25,27-31,33-34,36-57H2,1-2H3,(H,68,76)/b26-24-,35-32-. The summed E-state index contributed by atoms with van der Waals surface area (Å²) in [7, 11) is 0. The fourth-order valence-corrected chi connectivity index (χ4v) is 11.1. The van der Waals surface area contributed by atoms with Gasteiger partial charge in [0.2, 0.25) is 5.91 Å². The second-order valence-electron chi connectivity index (χ2n) is 23.9. The number of rotatable bonds is 59.